The fourth-order valence-corrected chi connectivity index (χ4v) is 3.60. The van der Waals surface area contributed by atoms with Gasteiger partial charge in [0.1, 0.15) is 5.17 Å². The molecule has 1 amide bonds. The minimum atomic E-state index is -2.94. The van der Waals surface area contributed by atoms with E-state index in [2.05, 4.69) is 4.98 Å². The molecule has 0 bridgehead atoms. The molecule has 1 aliphatic heterocycles. The summed E-state index contributed by atoms with van der Waals surface area (Å²) in [7, 11) is 0. The van der Waals surface area contributed by atoms with Crippen molar-refractivity contribution in [2.24, 2.45) is 11.3 Å². The first-order chi connectivity index (χ1) is 12.0. The van der Waals surface area contributed by atoms with E-state index in [1.54, 1.807) is 24.0 Å². The molecule has 0 spiro atoms. The number of aryl methyl sites for hydroxylation is 1. The Kier molecular flexibility index (Phi) is 4.55. The Hall–Kier alpha value is -2.02. The zero-order valence-electron chi connectivity index (χ0n) is 14.7. The Labute approximate surface area is 155 Å². The SMILES string of the molecule is Cc1cc(C(C)N2CC3(C(=N)Cl)C=CC3C2=O)cnc1OCC(C)(F)F. The summed E-state index contributed by atoms with van der Waals surface area (Å²) >= 11 is 5.93. The standard InChI is InChI=1S/C18H20ClF2N3O2/c1-10-6-12(7-23-14(10)26-9-17(3,20)21)11(2)24-8-18(16(19)22)5-4-13(18)15(24)25/h4-7,11,13,22H,8-9H2,1-3H3. The highest BCUT2D eigenvalue weighted by atomic mass is 35.5. The summed E-state index contributed by atoms with van der Waals surface area (Å²) in [6.45, 7) is 3.97. The van der Waals surface area contributed by atoms with E-state index >= 15 is 0 Å². The van der Waals surface area contributed by atoms with E-state index in [1.165, 1.54) is 6.20 Å². The molecule has 0 aromatic carbocycles. The molecule has 8 heteroatoms. The van der Waals surface area contributed by atoms with Crippen LogP contribution in [0.15, 0.2) is 24.4 Å². The summed E-state index contributed by atoms with van der Waals surface area (Å²) < 4.78 is 31.0. The molecule has 1 saturated heterocycles. The number of amides is 1. The lowest BCUT2D eigenvalue weighted by molar-refractivity contribution is -0.131. The number of carbonyl (C=O) groups excluding carboxylic acids is 1. The van der Waals surface area contributed by atoms with Gasteiger partial charge in [0.2, 0.25) is 11.8 Å². The Balaban J connectivity index is 1.77. The maximum Gasteiger partial charge on any atom is 0.278 e. The third-order valence-corrected chi connectivity index (χ3v) is 5.35. The van der Waals surface area contributed by atoms with E-state index in [9.17, 15) is 13.6 Å². The quantitative estimate of drug-likeness (QED) is 0.601. The van der Waals surface area contributed by atoms with Crippen molar-refractivity contribution in [1.29, 1.82) is 5.41 Å². The number of likely N-dealkylation sites (tertiary alicyclic amines) is 1. The summed E-state index contributed by atoms with van der Waals surface area (Å²) in [5.74, 6) is -3.25. The summed E-state index contributed by atoms with van der Waals surface area (Å²) in [4.78, 5) is 18.5. The van der Waals surface area contributed by atoms with Crippen LogP contribution in [0, 0.1) is 23.7 Å². The number of rotatable bonds is 6. The molecule has 1 aromatic heterocycles. The Bertz CT molecular complexity index is 793. The molecule has 0 radical (unpaired) electrons. The average molecular weight is 384 g/mol. The number of hydrogen-bond acceptors (Lipinski definition) is 4. The van der Waals surface area contributed by atoms with E-state index in [4.69, 9.17) is 21.7 Å². The molecule has 140 valence electrons. The number of ether oxygens (including phenoxy) is 1. The maximum atomic E-state index is 12.9. The topological polar surface area (TPSA) is 66.3 Å². The lowest BCUT2D eigenvalue weighted by Gasteiger charge is -2.33. The van der Waals surface area contributed by atoms with Crippen molar-refractivity contribution in [3.8, 4) is 5.88 Å². The van der Waals surface area contributed by atoms with Gasteiger partial charge in [-0.25, -0.2) is 13.8 Å². The van der Waals surface area contributed by atoms with Gasteiger partial charge in [-0.15, -0.1) is 0 Å². The van der Waals surface area contributed by atoms with Crippen molar-refractivity contribution in [3.63, 3.8) is 0 Å². The first kappa shape index (κ1) is 18.8. The summed E-state index contributed by atoms with van der Waals surface area (Å²) in [5.41, 5.74) is 0.667. The van der Waals surface area contributed by atoms with Crippen LogP contribution in [-0.2, 0) is 4.79 Å². The second-order valence-electron chi connectivity index (χ2n) is 7.08. The third kappa shape index (κ3) is 3.09. The van der Waals surface area contributed by atoms with Crippen molar-refractivity contribution < 1.29 is 18.3 Å². The lowest BCUT2D eigenvalue weighted by atomic mass is 9.70. The van der Waals surface area contributed by atoms with Crippen LogP contribution in [0.25, 0.3) is 0 Å². The van der Waals surface area contributed by atoms with E-state index in [0.717, 1.165) is 12.5 Å². The molecule has 1 N–H and O–H groups in total. The average Bonchev–Trinajstić information content (AvgIpc) is 2.71. The maximum absolute atomic E-state index is 12.9. The molecule has 1 aromatic rings. The monoisotopic (exact) mass is 383 g/mol. The Morgan fingerprint density at radius 3 is 2.77 bits per heavy atom. The fourth-order valence-electron chi connectivity index (χ4n) is 3.36. The number of halogens is 3. The lowest BCUT2D eigenvalue weighted by Crippen LogP contribution is -2.39. The van der Waals surface area contributed by atoms with Crippen LogP contribution in [0.4, 0.5) is 8.78 Å². The molecule has 5 nitrogen and oxygen atoms in total. The van der Waals surface area contributed by atoms with Crippen molar-refractivity contribution in [2.75, 3.05) is 13.2 Å². The van der Waals surface area contributed by atoms with Crippen molar-refractivity contribution in [1.82, 2.24) is 9.88 Å². The molecule has 3 unspecified atom stereocenters. The van der Waals surface area contributed by atoms with Crippen LogP contribution < -0.4 is 4.74 Å². The molecule has 2 heterocycles. The number of nitrogens with one attached hydrogen (secondary N) is 1. The zero-order valence-corrected chi connectivity index (χ0v) is 15.5. The van der Waals surface area contributed by atoms with Crippen LogP contribution in [0.1, 0.15) is 31.0 Å². The smallest absolute Gasteiger partial charge is 0.278 e. The molecular weight excluding hydrogens is 364 g/mol. The van der Waals surface area contributed by atoms with Gasteiger partial charge in [0.15, 0.2) is 6.61 Å². The predicted octanol–water partition coefficient (Wildman–Crippen LogP) is 3.72. The van der Waals surface area contributed by atoms with Gasteiger partial charge in [-0.3, -0.25) is 10.2 Å². The first-order valence-corrected chi connectivity index (χ1v) is 8.64. The van der Waals surface area contributed by atoms with Gasteiger partial charge in [0.05, 0.1) is 17.4 Å². The van der Waals surface area contributed by atoms with Gasteiger partial charge in [0, 0.05) is 25.2 Å². The van der Waals surface area contributed by atoms with Gasteiger partial charge in [-0.05, 0) is 25.5 Å². The summed E-state index contributed by atoms with van der Waals surface area (Å²) in [6, 6.07) is 1.50. The molecule has 26 heavy (non-hydrogen) atoms. The minimum Gasteiger partial charge on any atom is -0.471 e. The van der Waals surface area contributed by atoms with Crippen molar-refractivity contribution in [2.45, 2.75) is 32.7 Å². The van der Waals surface area contributed by atoms with Crippen LogP contribution in [0.3, 0.4) is 0 Å². The summed E-state index contributed by atoms with van der Waals surface area (Å²) in [5, 5.41) is 7.76. The normalized spacial score (nSPS) is 25.7. The van der Waals surface area contributed by atoms with Gasteiger partial charge < -0.3 is 9.64 Å². The number of pyridine rings is 1. The van der Waals surface area contributed by atoms with Crippen molar-refractivity contribution >= 4 is 22.7 Å². The molecule has 1 aliphatic carbocycles. The molecule has 2 aliphatic rings. The van der Waals surface area contributed by atoms with E-state index in [-0.39, 0.29) is 23.0 Å². The number of carbonyl (C=O) groups is 1. The fraction of sp³-hybridized carbons (Fsp3) is 0.500. The largest absolute Gasteiger partial charge is 0.471 e. The number of fused-ring (bicyclic) bond motifs is 1. The molecule has 0 saturated carbocycles. The van der Waals surface area contributed by atoms with Gasteiger partial charge in [-0.2, -0.15) is 0 Å². The number of nitrogens with zero attached hydrogens (tertiary/aromatic N) is 2. The summed E-state index contributed by atoms with van der Waals surface area (Å²) in [6.07, 6.45) is 5.11. The predicted molar refractivity (Wildman–Crippen MR) is 93.9 cm³/mol. The zero-order chi connectivity index (χ0) is 19.3. The molecular formula is C18H20ClF2N3O2. The van der Waals surface area contributed by atoms with E-state index in [0.29, 0.717) is 12.1 Å². The molecule has 3 rings (SSSR count). The Morgan fingerprint density at radius 1 is 1.62 bits per heavy atom. The van der Waals surface area contributed by atoms with Gasteiger partial charge in [0.25, 0.3) is 5.92 Å². The minimum absolute atomic E-state index is 0.0356. The van der Waals surface area contributed by atoms with Crippen LogP contribution in [0.5, 0.6) is 5.88 Å². The number of hydrogen-bond donors (Lipinski definition) is 1. The number of alkyl halides is 2. The van der Waals surface area contributed by atoms with Crippen LogP contribution >= 0.6 is 11.6 Å². The van der Waals surface area contributed by atoms with E-state index in [1.807, 2.05) is 13.0 Å². The first-order valence-electron chi connectivity index (χ1n) is 8.27. The van der Waals surface area contributed by atoms with E-state index < -0.39 is 23.9 Å². The van der Waals surface area contributed by atoms with Crippen molar-refractivity contribution in [3.05, 3.63) is 35.5 Å². The molecule has 3 atom stereocenters. The third-order valence-electron chi connectivity index (χ3n) is 4.99. The van der Waals surface area contributed by atoms with Crippen LogP contribution in [0.2, 0.25) is 0 Å². The Morgan fingerprint density at radius 2 is 2.31 bits per heavy atom. The highest BCUT2D eigenvalue weighted by Crippen LogP contribution is 2.50. The number of aromatic nitrogens is 1. The molecule has 1 fully saturated rings. The van der Waals surface area contributed by atoms with Crippen LogP contribution in [-0.4, -0.2) is 40.0 Å². The van der Waals surface area contributed by atoms with Gasteiger partial charge >= 0.3 is 0 Å². The second-order valence-corrected chi connectivity index (χ2v) is 7.46. The van der Waals surface area contributed by atoms with Gasteiger partial charge in [-0.1, -0.05) is 23.8 Å². The highest BCUT2D eigenvalue weighted by Gasteiger charge is 2.57. The second kappa shape index (κ2) is 6.30. The highest BCUT2D eigenvalue weighted by molar-refractivity contribution is 6.66.